The van der Waals surface area contributed by atoms with Crippen molar-refractivity contribution in [3.8, 4) is 0 Å². The van der Waals surface area contributed by atoms with E-state index in [2.05, 4.69) is 31.3 Å². The minimum absolute atomic E-state index is 0.0603. The van der Waals surface area contributed by atoms with E-state index in [1.165, 1.54) is 5.56 Å². The molecule has 2 unspecified atom stereocenters. The summed E-state index contributed by atoms with van der Waals surface area (Å²) in [5, 5.41) is 3.08. The summed E-state index contributed by atoms with van der Waals surface area (Å²) < 4.78 is 5.56. The number of benzene rings is 1. The Morgan fingerprint density at radius 1 is 1.29 bits per heavy atom. The fourth-order valence-electron chi connectivity index (χ4n) is 3.37. The van der Waals surface area contributed by atoms with Crippen LogP contribution in [0.2, 0.25) is 0 Å². The van der Waals surface area contributed by atoms with Crippen molar-refractivity contribution in [2.75, 3.05) is 13.2 Å². The Balaban J connectivity index is 1.87. The van der Waals surface area contributed by atoms with Gasteiger partial charge in [-0.25, -0.2) is 0 Å². The number of hydrogen-bond donors (Lipinski definition) is 1. The van der Waals surface area contributed by atoms with E-state index in [1.54, 1.807) is 0 Å². The minimum Gasteiger partial charge on any atom is -0.378 e. The van der Waals surface area contributed by atoms with Gasteiger partial charge in [-0.2, -0.15) is 0 Å². The highest BCUT2D eigenvalue weighted by Gasteiger charge is 2.19. The standard InChI is InChI=1S/C18H27NO2/c1-12-9-13(2)17(14(3)10-12)18(20)19-7-5-16-6-8-21-15(4)11-16/h9-10,15-16H,5-8,11H2,1-4H3,(H,19,20). The largest absolute Gasteiger partial charge is 0.378 e. The molecule has 0 aliphatic carbocycles. The molecule has 2 atom stereocenters. The second-order valence-electron chi connectivity index (χ2n) is 6.39. The van der Waals surface area contributed by atoms with E-state index in [0.29, 0.717) is 12.0 Å². The number of rotatable bonds is 4. The lowest BCUT2D eigenvalue weighted by Gasteiger charge is -2.27. The summed E-state index contributed by atoms with van der Waals surface area (Å²) in [6.45, 7) is 9.82. The third-order valence-corrected chi connectivity index (χ3v) is 4.34. The molecule has 1 aromatic rings. The lowest BCUT2D eigenvalue weighted by atomic mass is 9.93. The topological polar surface area (TPSA) is 38.3 Å². The van der Waals surface area contributed by atoms with Crippen LogP contribution in [0.5, 0.6) is 0 Å². The maximum atomic E-state index is 12.4. The molecule has 1 aliphatic heterocycles. The molecule has 1 aromatic carbocycles. The maximum absolute atomic E-state index is 12.4. The van der Waals surface area contributed by atoms with Gasteiger partial charge in [0, 0.05) is 18.7 Å². The molecule has 1 heterocycles. The summed E-state index contributed by atoms with van der Waals surface area (Å²) >= 11 is 0. The molecule has 21 heavy (non-hydrogen) atoms. The fourth-order valence-corrected chi connectivity index (χ4v) is 3.37. The third kappa shape index (κ3) is 4.31. The second kappa shape index (κ2) is 7.08. The van der Waals surface area contributed by atoms with Crippen molar-refractivity contribution in [1.82, 2.24) is 5.32 Å². The summed E-state index contributed by atoms with van der Waals surface area (Å²) in [5.41, 5.74) is 4.16. The van der Waals surface area contributed by atoms with Crippen LogP contribution in [0.4, 0.5) is 0 Å². The Morgan fingerprint density at radius 2 is 1.95 bits per heavy atom. The molecule has 0 bridgehead atoms. The van der Waals surface area contributed by atoms with Crippen molar-refractivity contribution in [2.45, 2.75) is 53.1 Å². The quantitative estimate of drug-likeness (QED) is 0.920. The van der Waals surface area contributed by atoms with Gasteiger partial charge in [0.05, 0.1) is 6.10 Å². The number of amides is 1. The summed E-state index contributed by atoms with van der Waals surface area (Å²) in [5.74, 6) is 0.736. The van der Waals surface area contributed by atoms with Crippen LogP contribution in [0.15, 0.2) is 12.1 Å². The summed E-state index contributed by atoms with van der Waals surface area (Å²) in [7, 11) is 0. The molecule has 0 spiro atoms. The van der Waals surface area contributed by atoms with Crippen molar-refractivity contribution in [1.29, 1.82) is 0 Å². The van der Waals surface area contributed by atoms with Crippen LogP contribution < -0.4 is 5.32 Å². The number of carbonyl (C=O) groups excluding carboxylic acids is 1. The van der Waals surface area contributed by atoms with Gasteiger partial charge >= 0.3 is 0 Å². The first-order valence-corrected chi connectivity index (χ1v) is 7.95. The number of ether oxygens (including phenoxy) is 1. The molecule has 0 radical (unpaired) electrons. The van der Waals surface area contributed by atoms with Gasteiger partial charge in [0.2, 0.25) is 0 Å². The molecule has 3 heteroatoms. The lowest BCUT2D eigenvalue weighted by Crippen LogP contribution is -2.30. The van der Waals surface area contributed by atoms with E-state index in [0.717, 1.165) is 49.1 Å². The minimum atomic E-state index is 0.0603. The Kier molecular flexibility index (Phi) is 5.40. The predicted molar refractivity (Wildman–Crippen MR) is 85.7 cm³/mol. The molecule has 1 saturated heterocycles. The Labute approximate surface area is 128 Å². The monoisotopic (exact) mass is 289 g/mol. The van der Waals surface area contributed by atoms with Gasteiger partial charge in [-0.3, -0.25) is 4.79 Å². The number of aryl methyl sites for hydroxylation is 3. The van der Waals surface area contributed by atoms with E-state index in [4.69, 9.17) is 4.74 Å². The molecule has 1 N–H and O–H groups in total. The van der Waals surface area contributed by atoms with Gasteiger partial charge in [-0.05, 0) is 64.0 Å². The van der Waals surface area contributed by atoms with Crippen LogP contribution in [0.25, 0.3) is 0 Å². The van der Waals surface area contributed by atoms with Gasteiger partial charge in [0.1, 0.15) is 0 Å². The van der Waals surface area contributed by atoms with Crippen LogP contribution in [-0.4, -0.2) is 25.2 Å². The molecular weight excluding hydrogens is 262 g/mol. The third-order valence-electron chi connectivity index (χ3n) is 4.34. The zero-order valence-electron chi connectivity index (χ0n) is 13.7. The van der Waals surface area contributed by atoms with Gasteiger partial charge in [0.15, 0.2) is 0 Å². The molecule has 0 aromatic heterocycles. The molecular formula is C18H27NO2. The number of carbonyl (C=O) groups is 1. The predicted octanol–water partition coefficient (Wildman–Crippen LogP) is 3.55. The molecule has 3 nitrogen and oxygen atoms in total. The SMILES string of the molecule is Cc1cc(C)c(C(=O)NCCC2CCOC(C)C2)c(C)c1. The highest BCUT2D eigenvalue weighted by molar-refractivity contribution is 5.97. The van der Waals surface area contributed by atoms with Crippen LogP contribution in [0.1, 0.15) is 53.2 Å². The van der Waals surface area contributed by atoms with Crippen molar-refractivity contribution in [3.05, 3.63) is 34.4 Å². The summed E-state index contributed by atoms with van der Waals surface area (Å²) in [4.78, 5) is 12.4. The van der Waals surface area contributed by atoms with Crippen molar-refractivity contribution < 1.29 is 9.53 Å². The molecule has 1 fully saturated rings. The maximum Gasteiger partial charge on any atom is 0.251 e. The first kappa shape index (κ1) is 16.0. The van der Waals surface area contributed by atoms with E-state index in [-0.39, 0.29) is 5.91 Å². The average molecular weight is 289 g/mol. The zero-order chi connectivity index (χ0) is 15.4. The first-order chi connectivity index (χ1) is 9.97. The molecule has 0 saturated carbocycles. The van der Waals surface area contributed by atoms with E-state index in [9.17, 15) is 4.79 Å². The molecule has 116 valence electrons. The van der Waals surface area contributed by atoms with Crippen molar-refractivity contribution in [3.63, 3.8) is 0 Å². The van der Waals surface area contributed by atoms with Gasteiger partial charge in [-0.15, -0.1) is 0 Å². The fraction of sp³-hybridized carbons (Fsp3) is 0.611. The van der Waals surface area contributed by atoms with Crippen LogP contribution in [0.3, 0.4) is 0 Å². The Morgan fingerprint density at radius 3 is 2.57 bits per heavy atom. The van der Waals surface area contributed by atoms with E-state index >= 15 is 0 Å². The highest BCUT2D eigenvalue weighted by Crippen LogP contribution is 2.22. The Hall–Kier alpha value is -1.35. The second-order valence-corrected chi connectivity index (χ2v) is 6.39. The number of hydrogen-bond acceptors (Lipinski definition) is 2. The van der Waals surface area contributed by atoms with Crippen LogP contribution in [-0.2, 0) is 4.74 Å². The van der Waals surface area contributed by atoms with Gasteiger partial charge < -0.3 is 10.1 Å². The van der Waals surface area contributed by atoms with Gasteiger partial charge in [0.25, 0.3) is 5.91 Å². The first-order valence-electron chi connectivity index (χ1n) is 7.95. The molecule has 2 rings (SSSR count). The van der Waals surface area contributed by atoms with Crippen LogP contribution >= 0.6 is 0 Å². The van der Waals surface area contributed by atoms with Crippen molar-refractivity contribution in [2.24, 2.45) is 5.92 Å². The number of nitrogens with one attached hydrogen (secondary N) is 1. The normalized spacial score (nSPS) is 22.1. The molecule has 1 aliphatic rings. The lowest BCUT2D eigenvalue weighted by molar-refractivity contribution is 0.00109. The Bertz CT molecular complexity index is 487. The summed E-state index contributed by atoms with van der Waals surface area (Å²) in [6, 6.07) is 4.14. The van der Waals surface area contributed by atoms with E-state index in [1.807, 2.05) is 13.8 Å². The van der Waals surface area contributed by atoms with Crippen molar-refractivity contribution >= 4 is 5.91 Å². The summed E-state index contributed by atoms with van der Waals surface area (Å²) in [6.07, 6.45) is 3.63. The average Bonchev–Trinajstić information content (AvgIpc) is 2.37. The van der Waals surface area contributed by atoms with Gasteiger partial charge in [-0.1, -0.05) is 17.7 Å². The zero-order valence-corrected chi connectivity index (χ0v) is 13.7. The van der Waals surface area contributed by atoms with Crippen LogP contribution in [0, 0.1) is 26.7 Å². The highest BCUT2D eigenvalue weighted by atomic mass is 16.5. The molecule has 1 amide bonds. The smallest absolute Gasteiger partial charge is 0.251 e. The van der Waals surface area contributed by atoms with E-state index < -0.39 is 0 Å².